The second kappa shape index (κ2) is 1470. The van der Waals surface area contributed by atoms with Gasteiger partial charge in [-0.2, -0.15) is 0 Å². The monoisotopic (exact) mass is 393 g/mol. The first-order valence-electron chi connectivity index (χ1n) is 5.63. The fourth-order valence-corrected chi connectivity index (χ4v) is 0.407. The molecule has 0 unspecified atom stereocenters. The van der Waals surface area contributed by atoms with Crippen molar-refractivity contribution in [1.29, 1.82) is 0 Å². The molecule has 0 saturated carbocycles. The minimum absolute atomic E-state index is 0. The van der Waals surface area contributed by atoms with E-state index in [1.807, 2.05) is 12.2 Å². The van der Waals surface area contributed by atoms with E-state index in [9.17, 15) is 0 Å². The molecule has 176 valence electrons. The van der Waals surface area contributed by atoms with Crippen LogP contribution in [0.2, 0.25) is 0 Å². The summed E-state index contributed by atoms with van der Waals surface area (Å²) in [5.74, 6) is 0. The summed E-state index contributed by atoms with van der Waals surface area (Å²) in [6, 6.07) is 0. The first-order valence-corrected chi connectivity index (χ1v) is 5.63. The standard InChI is InChI=1S/C7H12.6C2H4.8CH4/c1-3-5-7-6-4-2;6*1-2;;;;;;;;/h3-4H,1-2,5-7H2;6*1-2H2;8*1H4. The number of allylic oxidation sites excluding steroid dienone is 2. The van der Waals surface area contributed by atoms with Gasteiger partial charge in [0.1, 0.15) is 0 Å². The summed E-state index contributed by atoms with van der Waals surface area (Å²) in [6.07, 6.45) is 7.30. The Labute approximate surface area is 183 Å². The maximum atomic E-state index is 3.60. The van der Waals surface area contributed by atoms with Crippen molar-refractivity contribution >= 4 is 0 Å². The molecule has 0 rings (SSSR count). The highest BCUT2D eigenvalue weighted by atomic mass is 13.8. The largest absolute Gasteiger partial charge is 0.106 e. The Morgan fingerprint density at radius 1 is 0.333 bits per heavy atom. The predicted molar refractivity (Wildman–Crippen MR) is 156 cm³/mol. The van der Waals surface area contributed by atoms with Gasteiger partial charge < -0.3 is 0 Å². The van der Waals surface area contributed by atoms with Gasteiger partial charge in [-0.25, -0.2) is 0 Å². The van der Waals surface area contributed by atoms with Crippen molar-refractivity contribution in [1.82, 2.24) is 0 Å². The van der Waals surface area contributed by atoms with Crippen molar-refractivity contribution in [2.75, 3.05) is 0 Å². The molecule has 0 heterocycles. The third kappa shape index (κ3) is 3120. The molecule has 0 atom stereocenters. The van der Waals surface area contributed by atoms with Gasteiger partial charge >= 0.3 is 0 Å². The minimum Gasteiger partial charge on any atom is -0.106 e. The Morgan fingerprint density at radius 2 is 0.444 bits per heavy atom. The summed E-state index contributed by atoms with van der Waals surface area (Å²) in [4.78, 5) is 0. The zero-order valence-corrected chi connectivity index (χ0v) is 13.2. The van der Waals surface area contributed by atoms with Gasteiger partial charge in [-0.15, -0.1) is 92.1 Å². The first-order chi connectivity index (χ1) is 9.41. The van der Waals surface area contributed by atoms with Crippen molar-refractivity contribution < 1.29 is 0 Å². The summed E-state index contributed by atoms with van der Waals surface area (Å²) in [6.45, 7) is 43.2. The molecule has 0 spiro atoms. The second-order valence-corrected chi connectivity index (χ2v) is 1.51. The van der Waals surface area contributed by atoms with Crippen LogP contribution in [0.4, 0.5) is 0 Å². The Kier molecular flexibility index (Phi) is 7910. The predicted octanol–water partition coefficient (Wildman–Crippen LogP) is 12.4. The number of unbranched alkanes of at least 4 members (excludes halogenated alkanes) is 2. The van der Waals surface area contributed by atoms with Gasteiger partial charge in [0.15, 0.2) is 0 Å². The van der Waals surface area contributed by atoms with E-state index in [0.717, 1.165) is 12.8 Å². The number of hydrogen-bond acceptors (Lipinski definition) is 0. The van der Waals surface area contributed by atoms with E-state index >= 15 is 0 Å². The van der Waals surface area contributed by atoms with E-state index in [0.29, 0.717) is 0 Å². The van der Waals surface area contributed by atoms with Crippen LogP contribution >= 0.6 is 0 Å². The average Bonchev–Trinajstić information content (AvgIpc) is 2.59. The zero-order valence-electron chi connectivity index (χ0n) is 13.2. The lowest BCUT2D eigenvalue weighted by Gasteiger charge is -1.84. The topological polar surface area (TPSA) is 0 Å². The van der Waals surface area contributed by atoms with E-state index in [2.05, 4.69) is 92.1 Å². The van der Waals surface area contributed by atoms with Gasteiger partial charge in [-0.05, 0) is 19.3 Å². The second-order valence-electron chi connectivity index (χ2n) is 1.51. The zero-order chi connectivity index (χ0) is 17.5. The SMILES string of the molecule is C.C.C.C.C.C.C.C.C=C.C=C.C=C.C=C.C=C.C=C.C=CCCCC=C. The Bertz CT molecular complexity index is 89.7. The molecule has 0 nitrogen and oxygen atoms in total. The van der Waals surface area contributed by atoms with Crippen LogP contribution in [0, 0.1) is 0 Å². The maximum Gasteiger partial charge on any atom is -0.0350 e. The molecule has 0 amide bonds. The van der Waals surface area contributed by atoms with Crippen molar-refractivity contribution in [2.45, 2.75) is 78.7 Å². The smallest absolute Gasteiger partial charge is 0.0350 e. The summed E-state index contributed by atoms with van der Waals surface area (Å²) in [5.41, 5.74) is 0. The highest BCUT2D eigenvalue weighted by Gasteiger charge is 1.74. The van der Waals surface area contributed by atoms with E-state index in [-0.39, 0.29) is 59.4 Å². The fourth-order valence-electron chi connectivity index (χ4n) is 0.407. The third-order valence-corrected chi connectivity index (χ3v) is 0.816. The number of rotatable bonds is 4. The number of hydrogen-bond donors (Lipinski definition) is 0. The van der Waals surface area contributed by atoms with Crippen molar-refractivity contribution in [3.63, 3.8) is 0 Å². The molecule has 0 fully saturated rings. The maximum absolute atomic E-state index is 3.60. The quantitative estimate of drug-likeness (QED) is 0.329. The summed E-state index contributed by atoms with van der Waals surface area (Å²) < 4.78 is 0. The molecule has 0 bridgehead atoms. The lowest BCUT2D eigenvalue weighted by atomic mass is 10.2. The van der Waals surface area contributed by atoms with Gasteiger partial charge in [0.25, 0.3) is 0 Å². The van der Waals surface area contributed by atoms with Crippen LogP contribution in [0.15, 0.2) is 104 Å². The molecule has 0 aliphatic carbocycles. The summed E-state index contributed by atoms with van der Waals surface area (Å²) in [5, 5.41) is 0. The molecule has 0 heteroatoms. The van der Waals surface area contributed by atoms with E-state index in [1.165, 1.54) is 6.42 Å². The first kappa shape index (κ1) is 145. The van der Waals surface area contributed by atoms with E-state index in [4.69, 9.17) is 0 Å². The van der Waals surface area contributed by atoms with Crippen LogP contribution < -0.4 is 0 Å². The van der Waals surface area contributed by atoms with Gasteiger partial charge in [-0.1, -0.05) is 71.6 Å². The minimum atomic E-state index is 0. The molecule has 27 heavy (non-hydrogen) atoms. The normalized spacial score (nSPS) is 2.96. The molecule has 0 radical (unpaired) electrons. The van der Waals surface area contributed by atoms with Crippen molar-refractivity contribution in [3.05, 3.63) is 104 Å². The van der Waals surface area contributed by atoms with Gasteiger partial charge in [0.05, 0.1) is 0 Å². The van der Waals surface area contributed by atoms with Crippen LogP contribution in [0.5, 0.6) is 0 Å². The van der Waals surface area contributed by atoms with Gasteiger partial charge in [-0.3, -0.25) is 0 Å². The van der Waals surface area contributed by atoms with Crippen LogP contribution in [-0.2, 0) is 0 Å². The van der Waals surface area contributed by atoms with Crippen molar-refractivity contribution in [2.24, 2.45) is 0 Å². The molecule has 0 aliphatic rings. The van der Waals surface area contributed by atoms with Gasteiger partial charge in [0, 0.05) is 0 Å². The van der Waals surface area contributed by atoms with Crippen LogP contribution in [0.25, 0.3) is 0 Å². The molecule has 0 N–H and O–H groups in total. The molecule has 0 aromatic heterocycles. The molecular formula is C27H68. The van der Waals surface area contributed by atoms with E-state index in [1.54, 1.807) is 0 Å². The third-order valence-electron chi connectivity index (χ3n) is 0.816. The highest BCUT2D eigenvalue weighted by molar-refractivity contribution is 4.71. The summed E-state index contributed by atoms with van der Waals surface area (Å²) >= 11 is 0. The Morgan fingerprint density at radius 3 is 0.519 bits per heavy atom. The molecule has 0 aromatic rings. The Balaban J connectivity index is -0.00000000498. The van der Waals surface area contributed by atoms with Gasteiger partial charge in [0.2, 0.25) is 0 Å². The lowest BCUT2D eigenvalue weighted by Crippen LogP contribution is -1.64. The molecule has 0 saturated heterocycles. The van der Waals surface area contributed by atoms with Crippen LogP contribution in [-0.4, -0.2) is 0 Å². The average molecular weight is 393 g/mol. The molecular weight excluding hydrogens is 324 g/mol. The Hall–Kier alpha value is -2.08. The van der Waals surface area contributed by atoms with Crippen molar-refractivity contribution in [3.8, 4) is 0 Å². The highest BCUT2D eigenvalue weighted by Crippen LogP contribution is 1.93. The summed E-state index contributed by atoms with van der Waals surface area (Å²) in [7, 11) is 0. The molecule has 0 aromatic carbocycles. The van der Waals surface area contributed by atoms with Crippen LogP contribution in [0.3, 0.4) is 0 Å². The van der Waals surface area contributed by atoms with Crippen LogP contribution in [0.1, 0.15) is 78.7 Å². The lowest BCUT2D eigenvalue weighted by molar-refractivity contribution is 0.871. The molecule has 0 aliphatic heterocycles. The fraction of sp³-hybridized carbons (Fsp3) is 0.407. The van der Waals surface area contributed by atoms with E-state index < -0.39 is 0 Å².